The standard InChI is InChI=1S/C11H16N2OS/c1-7-11(9(3)14)8(2)13(12-7)10-4-5-15-6-10/h10H,4-6H2,1-3H3. The Kier molecular flexibility index (Phi) is 2.87. The molecule has 2 rings (SSSR count). The van der Waals surface area contributed by atoms with Crippen LogP contribution in [0.5, 0.6) is 0 Å². The largest absolute Gasteiger partial charge is 0.294 e. The summed E-state index contributed by atoms with van der Waals surface area (Å²) in [5.74, 6) is 2.46. The average Bonchev–Trinajstić information content (AvgIpc) is 2.72. The summed E-state index contributed by atoms with van der Waals surface area (Å²) in [6, 6.07) is 0.488. The first kappa shape index (κ1) is 10.7. The molecule has 0 saturated carbocycles. The van der Waals surface area contributed by atoms with Crippen LogP contribution in [0.3, 0.4) is 0 Å². The molecule has 0 amide bonds. The fraction of sp³-hybridized carbons (Fsp3) is 0.636. The van der Waals surface area contributed by atoms with E-state index < -0.39 is 0 Å². The molecule has 0 N–H and O–H groups in total. The van der Waals surface area contributed by atoms with Gasteiger partial charge in [-0.2, -0.15) is 16.9 Å². The first-order valence-corrected chi connectivity index (χ1v) is 6.41. The lowest BCUT2D eigenvalue weighted by atomic mass is 10.1. The van der Waals surface area contributed by atoms with Crippen molar-refractivity contribution >= 4 is 17.5 Å². The number of thioether (sulfide) groups is 1. The van der Waals surface area contributed by atoms with Gasteiger partial charge in [0.2, 0.25) is 0 Å². The molecule has 1 aliphatic heterocycles. The smallest absolute Gasteiger partial charge is 0.163 e. The zero-order valence-corrected chi connectivity index (χ0v) is 10.2. The van der Waals surface area contributed by atoms with Gasteiger partial charge in [0.05, 0.1) is 17.3 Å². The van der Waals surface area contributed by atoms with Crippen LogP contribution in [0.4, 0.5) is 0 Å². The van der Waals surface area contributed by atoms with Crippen molar-refractivity contribution in [1.29, 1.82) is 0 Å². The summed E-state index contributed by atoms with van der Waals surface area (Å²) in [5, 5.41) is 4.50. The number of aryl methyl sites for hydroxylation is 1. The van der Waals surface area contributed by atoms with Crippen LogP contribution in [0.25, 0.3) is 0 Å². The molecule has 1 saturated heterocycles. The van der Waals surface area contributed by atoms with Gasteiger partial charge in [0, 0.05) is 11.4 Å². The maximum absolute atomic E-state index is 11.5. The Morgan fingerprint density at radius 2 is 2.27 bits per heavy atom. The highest BCUT2D eigenvalue weighted by Crippen LogP contribution is 2.29. The van der Waals surface area contributed by atoms with E-state index in [-0.39, 0.29) is 5.78 Å². The van der Waals surface area contributed by atoms with Crippen LogP contribution in [-0.4, -0.2) is 27.1 Å². The van der Waals surface area contributed by atoms with Crippen LogP contribution in [0.2, 0.25) is 0 Å². The minimum absolute atomic E-state index is 0.127. The quantitative estimate of drug-likeness (QED) is 0.723. The molecule has 1 fully saturated rings. The van der Waals surface area contributed by atoms with Crippen molar-refractivity contribution in [2.75, 3.05) is 11.5 Å². The topological polar surface area (TPSA) is 34.9 Å². The predicted octanol–water partition coefficient (Wildman–Crippen LogP) is 2.38. The number of aromatic nitrogens is 2. The van der Waals surface area contributed by atoms with Crippen molar-refractivity contribution in [3.8, 4) is 0 Å². The summed E-state index contributed by atoms with van der Waals surface area (Å²) in [6.45, 7) is 5.53. The van der Waals surface area contributed by atoms with E-state index in [1.165, 1.54) is 12.2 Å². The lowest BCUT2D eigenvalue weighted by molar-refractivity contribution is 0.101. The van der Waals surface area contributed by atoms with Gasteiger partial charge in [-0.25, -0.2) is 0 Å². The molecule has 2 heterocycles. The van der Waals surface area contributed by atoms with E-state index in [0.717, 1.165) is 22.7 Å². The van der Waals surface area contributed by atoms with Crippen LogP contribution < -0.4 is 0 Å². The van der Waals surface area contributed by atoms with Crippen molar-refractivity contribution in [3.05, 3.63) is 17.0 Å². The Balaban J connectivity index is 2.40. The van der Waals surface area contributed by atoms with E-state index in [1.54, 1.807) is 6.92 Å². The molecular formula is C11H16N2OS. The van der Waals surface area contributed by atoms with Gasteiger partial charge < -0.3 is 0 Å². The molecule has 1 atom stereocenters. The van der Waals surface area contributed by atoms with Crippen LogP contribution >= 0.6 is 11.8 Å². The van der Waals surface area contributed by atoms with Crippen LogP contribution in [0, 0.1) is 13.8 Å². The lowest BCUT2D eigenvalue weighted by Crippen LogP contribution is -2.11. The van der Waals surface area contributed by atoms with E-state index in [1.807, 2.05) is 30.3 Å². The molecule has 0 aromatic carbocycles. The van der Waals surface area contributed by atoms with Crippen molar-refractivity contribution in [2.45, 2.75) is 33.2 Å². The Bertz CT molecular complexity index is 392. The van der Waals surface area contributed by atoms with Crippen molar-refractivity contribution in [1.82, 2.24) is 9.78 Å². The molecule has 15 heavy (non-hydrogen) atoms. The van der Waals surface area contributed by atoms with E-state index in [9.17, 15) is 4.79 Å². The van der Waals surface area contributed by atoms with Gasteiger partial charge >= 0.3 is 0 Å². The van der Waals surface area contributed by atoms with Crippen molar-refractivity contribution in [2.24, 2.45) is 0 Å². The Morgan fingerprint density at radius 3 is 2.73 bits per heavy atom. The molecule has 1 unspecified atom stereocenters. The van der Waals surface area contributed by atoms with Gasteiger partial charge in [-0.15, -0.1) is 0 Å². The highest BCUT2D eigenvalue weighted by atomic mass is 32.2. The number of ketones is 1. The number of nitrogens with zero attached hydrogens (tertiary/aromatic N) is 2. The Hall–Kier alpha value is -0.770. The summed E-state index contributed by atoms with van der Waals surface area (Å²) in [5.41, 5.74) is 2.72. The van der Waals surface area contributed by atoms with Gasteiger partial charge in [0.25, 0.3) is 0 Å². The molecule has 0 bridgehead atoms. The maximum Gasteiger partial charge on any atom is 0.163 e. The zero-order valence-electron chi connectivity index (χ0n) is 9.41. The number of Topliss-reactive ketones (excluding diaryl/α,β-unsaturated/α-hetero) is 1. The van der Waals surface area contributed by atoms with Crippen molar-refractivity contribution < 1.29 is 4.79 Å². The Morgan fingerprint density at radius 1 is 1.53 bits per heavy atom. The molecule has 82 valence electrons. The number of carbonyl (C=O) groups excluding carboxylic acids is 1. The predicted molar refractivity (Wildman–Crippen MR) is 62.7 cm³/mol. The molecular weight excluding hydrogens is 208 g/mol. The lowest BCUT2D eigenvalue weighted by Gasteiger charge is -2.11. The average molecular weight is 224 g/mol. The van der Waals surface area contributed by atoms with Crippen LogP contribution in [0.1, 0.15) is 41.1 Å². The highest BCUT2D eigenvalue weighted by molar-refractivity contribution is 7.99. The van der Waals surface area contributed by atoms with Crippen molar-refractivity contribution in [3.63, 3.8) is 0 Å². The summed E-state index contributed by atoms with van der Waals surface area (Å²) in [7, 11) is 0. The molecule has 1 aliphatic rings. The SMILES string of the molecule is CC(=O)c1c(C)nn(C2CCSC2)c1C. The maximum atomic E-state index is 11.5. The highest BCUT2D eigenvalue weighted by Gasteiger charge is 2.23. The van der Waals surface area contributed by atoms with E-state index in [2.05, 4.69) is 5.10 Å². The second-order valence-corrected chi connectivity index (χ2v) is 5.21. The molecule has 0 aliphatic carbocycles. The van der Waals surface area contributed by atoms with E-state index in [4.69, 9.17) is 0 Å². The summed E-state index contributed by atoms with van der Waals surface area (Å²) in [6.07, 6.45) is 1.17. The molecule has 1 aromatic rings. The van der Waals surface area contributed by atoms with E-state index in [0.29, 0.717) is 6.04 Å². The summed E-state index contributed by atoms with van der Waals surface area (Å²) < 4.78 is 2.05. The minimum atomic E-state index is 0.127. The third kappa shape index (κ3) is 1.83. The third-order valence-electron chi connectivity index (χ3n) is 2.93. The number of hydrogen-bond acceptors (Lipinski definition) is 3. The minimum Gasteiger partial charge on any atom is -0.294 e. The number of carbonyl (C=O) groups is 1. The van der Waals surface area contributed by atoms with Gasteiger partial charge in [0.1, 0.15) is 0 Å². The van der Waals surface area contributed by atoms with Gasteiger partial charge in [-0.1, -0.05) is 0 Å². The fourth-order valence-electron chi connectivity index (χ4n) is 2.24. The zero-order chi connectivity index (χ0) is 11.0. The second kappa shape index (κ2) is 4.00. The fourth-order valence-corrected chi connectivity index (χ4v) is 3.43. The molecule has 3 nitrogen and oxygen atoms in total. The van der Waals surface area contributed by atoms with Gasteiger partial charge in [0.15, 0.2) is 5.78 Å². The third-order valence-corrected chi connectivity index (χ3v) is 4.07. The monoisotopic (exact) mass is 224 g/mol. The summed E-state index contributed by atoms with van der Waals surface area (Å²) >= 11 is 1.96. The summed E-state index contributed by atoms with van der Waals surface area (Å²) in [4.78, 5) is 11.5. The molecule has 0 spiro atoms. The molecule has 4 heteroatoms. The second-order valence-electron chi connectivity index (χ2n) is 4.06. The number of rotatable bonds is 2. The van der Waals surface area contributed by atoms with Crippen LogP contribution in [0.15, 0.2) is 0 Å². The first-order valence-electron chi connectivity index (χ1n) is 5.25. The van der Waals surface area contributed by atoms with Crippen LogP contribution in [-0.2, 0) is 0 Å². The first-order chi connectivity index (χ1) is 7.11. The number of hydrogen-bond donors (Lipinski definition) is 0. The van der Waals surface area contributed by atoms with E-state index >= 15 is 0 Å². The van der Waals surface area contributed by atoms with Gasteiger partial charge in [-0.3, -0.25) is 9.48 Å². The molecule has 0 radical (unpaired) electrons. The van der Waals surface area contributed by atoms with Gasteiger partial charge in [-0.05, 0) is 32.9 Å². The Labute approximate surface area is 94.2 Å². The normalized spacial score (nSPS) is 20.9. The molecule has 1 aromatic heterocycles.